The summed E-state index contributed by atoms with van der Waals surface area (Å²) in [7, 11) is 3.99. The van der Waals surface area contributed by atoms with E-state index in [9.17, 15) is 0 Å². The number of hydrogen-bond acceptors (Lipinski definition) is 3. The average molecular weight is 196 g/mol. The van der Waals surface area contributed by atoms with Crippen LogP contribution in [0.2, 0.25) is 0 Å². The smallest absolute Gasteiger partial charge is 0.126 e. The van der Waals surface area contributed by atoms with Gasteiger partial charge >= 0.3 is 0 Å². The van der Waals surface area contributed by atoms with Gasteiger partial charge in [-0.15, -0.1) is 0 Å². The maximum atomic E-state index is 5.92. The molecule has 0 saturated carbocycles. The zero-order chi connectivity index (χ0) is 10.7. The number of nitrogen functional groups attached to an aromatic ring is 1. The molecule has 0 fully saturated rings. The first-order valence-electron chi connectivity index (χ1n) is 5.02. The predicted octanol–water partition coefficient (Wildman–Crippen LogP) is 1.15. The van der Waals surface area contributed by atoms with E-state index in [0.29, 0.717) is 0 Å². The van der Waals surface area contributed by atoms with Crippen LogP contribution >= 0.6 is 0 Å². The van der Waals surface area contributed by atoms with Crippen molar-refractivity contribution < 1.29 is 0 Å². The van der Waals surface area contributed by atoms with Gasteiger partial charge in [-0.2, -0.15) is 5.10 Å². The summed E-state index contributed by atoms with van der Waals surface area (Å²) in [6.45, 7) is 6.16. The second kappa shape index (κ2) is 4.46. The van der Waals surface area contributed by atoms with Gasteiger partial charge in [0.05, 0.1) is 5.69 Å². The lowest BCUT2D eigenvalue weighted by Crippen LogP contribution is -2.19. The van der Waals surface area contributed by atoms with Crippen LogP contribution in [0.5, 0.6) is 0 Å². The van der Waals surface area contributed by atoms with Crippen molar-refractivity contribution in [2.75, 3.05) is 19.3 Å². The van der Waals surface area contributed by atoms with E-state index >= 15 is 0 Å². The van der Waals surface area contributed by atoms with Gasteiger partial charge < -0.3 is 10.6 Å². The molecule has 0 radical (unpaired) electrons. The lowest BCUT2D eigenvalue weighted by Gasteiger charge is -2.15. The summed E-state index contributed by atoms with van der Waals surface area (Å²) >= 11 is 0. The van der Waals surface area contributed by atoms with Gasteiger partial charge in [-0.1, -0.05) is 6.92 Å². The van der Waals surface area contributed by atoms with Crippen LogP contribution in [0.15, 0.2) is 0 Å². The highest BCUT2D eigenvalue weighted by Gasteiger charge is 2.11. The molecule has 0 aromatic carbocycles. The van der Waals surface area contributed by atoms with Crippen LogP contribution in [0.4, 0.5) is 5.82 Å². The van der Waals surface area contributed by atoms with E-state index in [2.05, 4.69) is 24.0 Å². The van der Waals surface area contributed by atoms with E-state index in [1.165, 1.54) is 0 Å². The number of nitrogens with zero attached hydrogens (tertiary/aromatic N) is 3. The summed E-state index contributed by atoms with van der Waals surface area (Å²) < 4.78 is 1.74. The molecule has 0 aliphatic rings. The van der Waals surface area contributed by atoms with E-state index in [0.717, 1.165) is 36.6 Å². The summed E-state index contributed by atoms with van der Waals surface area (Å²) in [5.74, 6) is 0.783. The van der Waals surface area contributed by atoms with Gasteiger partial charge in [0.25, 0.3) is 0 Å². The molecule has 4 heteroatoms. The van der Waals surface area contributed by atoms with Gasteiger partial charge in [-0.25, -0.2) is 0 Å². The fraction of sp³-hybridized carbons (Fsp3) is 0.700. The molecule has 0 bridgehead atoms. The van der Waals surface area contributed by atoms with Crippen LogP contribution in [-0.2, 0) is 13.6 Å². The van der Waals surface area contributed by atoms with E-state index in [4.69, 9.17) is 5.73 Å². The fourth-order valence-corrected chi connectivity index (χ4v) is 1.65. The zero-order valence-corrected chi connectivity index (χ0v) is 9.54. The molecule has 1 aromatic heterocycles. The van der Waals surface area contributed by atoms with Gasteiger partial charge in [-0.3, -0.25) is 4.68 Å². The standard InChI is InChI=1S/C10H20N4/c1-5-6-13(3)7-9-8(2)12-14(4)10(9)11/h5-7,11H2,1-4H3. The van der Waals surface area contributed by atoms with Crippen molar-refractivity contribution in [2.24, 2.45) is 7.05 Å². The highest BCUT2D eigenvalue weighted by atomic mass is 15.3. The predicted molar refractivity (Wildman–Crippen MR) is 59.0 cm³/mol. The molecule has 80 valence electrons. The first-order chi connectivity index (χ1) is 6.56. The molecular weight excluding hydrogens is 176 g/mol. The minimum absolute atomic E-state index is 0.783. The maximum absolute atomic E-state index is 5.92. The van der Waals surface area contributed by atoms with Gasteiger partial charge in [0.15, 0.2) is 0 Å². The third-order valence-electron chi connectivity index (χ3n) is 2.43. The van der Waals surface area contributed by atoms with E-state index < -0.39 is 0 Å². The van der Waals surface area contributed by atoms with Crippen molar-refractivity contribution in [3.05, 3.63) is 11.3 Å². The summed E-state index contributed by atoms with van der Waals surface area (Å²) in [6, 6.07) is 0. The Morgan fingerprint density at radius 3 is 2.57 bits per heavy atom. The second-order valence-electron chi connectivity index (χ2n) is 3.81. The number of rotatable bonds is 4. The van der Waals surface area contributed by atoms with Crippen molar-refractivity contribution in [3.8, 4) is 0 Å². The number of nitrogens with two attached hydrogens (primary N) is 1. The molecule has 1 rings (SSSR count). The van der Waals surface area contributed by atoms with Gasteiger partial charge in [-0.05, 0) is 26.9 Å². The Morgan fingerprint density at radius 2 is 2.14 bits per heavy atom. The molecule has 1 aromatic rings. The molecule has 2 N–H and O–H groups in total. The minimum Gasteiger partial charge on any atom is -0.384 e. The van der Waals surface area contributed by atoms with E-state index in [1.807, 2.05) is 14.0 Å². The van der Waals surface area contributed by atoms with Crippen molar-refractivity contribution >= 4 is 5.82 Å². The molecule has 4 nitrogen and oxygen atoms in total. The molecule has 0 saturated heterocycles. The molecule has 0 atom stereocenters. The third kappa shape index (κ3) is 2.26. The van der Waals surface area contributed by atoms with Crippen LogP contribution in [0.3, 0.4) is 0 Å². The van der Waals surface area contributed by atoms with Crippen LogP contribution in [0.25, 0.3) is 0 Å². The Hall–Kier alpha value is -1.03. The summed E-state index contributed by atoms with van der Waals surface area (Å²) in [6.07, 6.45) is 1.16. The van der Waals surface area contributed by atoms with Gasteiger partial charge in [0.2, 0.25) is 0 Å². The lowest BCUT2D eigenvalue weighted by atomic mass is 10.2. The quantitative estimate of drug-likeness (QED) is 0.786. The molecule has 0 aliphatic heterocycles. The number of hydrogen-bond donors (Lipinski definition) is 1. The SMILES string of the molecule is CCCN(C)Cc1c(C)nn(C)c1N. The molecule has 0 unspecified atom stereocenters. The zero-order valence-electron chi connectivity index (χ0n) is 9.54. The lowest BCUT2D eigenvalue weighted by molar-refractivity contribution is 0.327. The Bertz CT molecular complexity index is 303. The van der Waals surface area contributed by atoms with Crippen molar-refractivity contribution in [3.63, 3.8) is 0 Å². The monoisotopic (exact) mass is 196 g/mol. The molecular formula is C10H20N4. The Labute approximate surface area is 85.7 Å². The Morgan fingerprint density at radius 1 is 1.50 bits per heavy atom. The summed E-state index contributed by atoms with van der Waals surface area (Å²) in [5, 5.41) is 4.29. The summed E-state index contributed by atoms with van der Waals surface area (Å²) in [5.41, 5.74) is 8.11. The van der Waals surface area contributed by atoms with E-state index in [1.54, 1.807) is 4.68 Å². The highest BCUT2D eigenvalue weighted by molar-refractivity contribution is 5.42. The summed E-state index contributed by atoms with van der Waals surface area (Å²) in [4.78, 5) is 2.26. The molecule has 1 heterocycles. The highest BCUT2D eigenvalue weighted by Crippen LogP contribution is 2.16. The first kappa shape index (κ1) is 11.0. The van der Waals surface area contributed by atoms with Crippen molar-refractivity contribution in [2.45, 2.75) is 26.8 Å². The van der Waals surface area contributed by atoms with Crippen LogP contribution in [0.1, 0.15) is 24.6 Å². The Kier molecular flexibility index (Phi) is 3.52. The van der Waals surface area contributed by atoms with E-state index in [-0.39, 0.29) is 0 Å². The minimum atomic E-state index is 0.783. The van der Waals surface area contributed by atoms with Crippen LogP contribution in [0, 0.1) is 6.92 Å². The molecule has 0 amide bonds. The fourth-order valence-electron chi connectivity index (χ4n) is 1.65. The van der Waals surface area contributed by atoms with Gasteiger partial charge in [0, 0.05) is 19.2 Å². The Balaban J connectivity index is 2.75. The van der Waals surface area contributed by atoms with Gasteiger partial charge in [0.1, 0.15) is 5.82 Å². The molecule has 14 heavy (non-hydrogen) atoms. The maximum Gasteiger partial charge on any atom is 0.126 e. The third-order valence-corrected chi connectivity index (χ3v) is 2.43. The van der Waals surface area contributed by atoms with Crippen LogP contribution in [-0.4, -0.2) is 28.3 Å². The number of anilines is 1. The van der Waals surface area contributed by atoms with Crippen LogP contribution < -0.4 is 5.73 Å². The normalized spacial score (nSPS) is 11.2. The van der Waals surface area contributed by atoms with Crippen molar-refractivity contribution in [1.29, 1.82) is 0 Å². The largest absolute Gasteiger partial charge is 0.384 e. The molecule has 0 spiro atoms. The number of aromatic nitrogens is 2. The van der Waals surface area contributed by atoms with Crippen molar-refractivity contribution in [1.82, 2.24) is 14.7 Å². The molecule has 0 aliphatic carbocycles. The topological polar surface area (TPSA) is 47.1 Å². The second-order valence-corrected chi connectivity index (χ2v) is 3.81. The number of aryl methyl sites for hydroxylation is 2. The average Bonchev–Trinajstić information content (AvgIpc) is 2.33. The first-order valence-corrected chi connectivity index (χ1v) is 5.02.